The third kappa shape index (κ3) is 4.63. The highest BCUT2D eigenvalue weighted by atomic mass is 16.5. The van der Waals surface area contributed by atoms with Crippen molar-refractivity contribution in [3.63, 3.8) is 0 Å². The summed E-state index contributed by atoms with van der Waals surface area (Å²) in [5, 5.41) is 2.63. The van der Waals surface area contributed by atoms with Crippen molar-refractivity contribution in [2.24, 2.45) is 17.8 Å². The number of methoxy groups -OCH3 is 1. The summed E-state index contributed by atoms with van der Waals surface area (Å²) in [6, 6.07) is 3.22. The molecule has 2 aliphatic heterocycles. The Kier molecular flexibility index (Phi) is 6.35. The summed E-state index contributed by atoms with van der Waals surface area (Å²) in [5.74, 6) is 0.0879. The maximum Gasteiger partial charge on any atom is 0.284 e. The van der Waals surface area contributed by atoms with E-state index in [-0.39, 0.29) is 42.5 Å². The minimum absolute atomic E-state index is 0.0560. The van der Waals surface area contributed by atoms with E-state index >= 15 is 0 Å². The number of carbonyl (C=O) groups is 3. The Labute approximate surface area is 196 Å². The van der Waals surface area contributed by atoms with Gasteiger partial charge in [0.2, 0.25) is 11.7 Å². The van der Waals surface area contributed by atoms with Crippen molar-refractivity contribution in [2.75, 3.05) is 25.6 Å². The molecule has 3 amide bonds. The van der Waals surface area contributed by atoms with E-state index in [1.54, 1.807) is 30.3 Å². The molecule has 3 heterocycles. The van der Waals surface area contributed by atoms with Gasteiger partial charge in [-0.25, -0.2) is 4.98 Å². The lowest BCUT2D eigenvalue weighted by Crippen LogP contribution is -2.35. The fourth-order valence-electron chi connectivity index (χ4n) is 3.98. The van der Waals surface area contributed by atoms with Crippen LogP contribution in [0.4, 0.5) is 11.5 Å². The Bertz CT molecular complexity index is 1200. The molecular formula is C23H26N6O5. The maximum atomic E-state index is 13.0. The summed E-state index contributed by atoms with van der Waals surface area (Å²) < 4.78 is 12.7. The number of hydrogen-bond donors (Lipinski definition) is 2. The number of anilines is 1. The highest BCUT2D eigenvalue weighted by Crippen LogP contribution is 2.38. The number of rotatable bonds is 8. The Morgan fingerprint density at radius 1 is 1.32 bits per heavy atom. The number of aliphatic imine (C=N–C) groups is 1. The molecule has 1 atom stereocenters. The summed E-state index contributed by atoms with van der Waals surface area (Å²) in [4.78, 5) is 46.7. The molecule has 0 aliphatic carbocycles. The van der Waals surface area contributed by atoms with Crippen LogP contribution in [0.5, 0.6) is 11.5 Å². The molecule has 2 aliphatic rings. The minimum atomic E-state index is -0.678. The molecule has 0 unspecified atom stereocenters. The van der Waals surface area contributed by atoms with Gasteiger partial charge in [-0.1, -0.05) is 12.2 Å². The number of nitrogens with one attached hydrogen (secondary N) is 1. The van der Waals surface area contributed by atoms with E-state index in [0.717, 1.165) is 5.57 Å². The number of ether oxygens (including phenoxy) is 2. The number of nitrogens with two attached hydrogens (primary N) is 1. The van der Waals surface area contributed by atoms with Crippen molar-refractivity contribution >= 4 is 35.4 Å². The van der Waals surface area contributed by atoms with E-state index < -0.39 is 5.91 Å². The van der Waals surface area contributed by atoms with Crippen molar-refractivity contribution in [1.82, 2.24) is 14.5 Å². The first kappa shape index (κ1) is 23.0. The van der Waals surface area contributed by atoms with Crippen LogP contribution < -0.4 is 20.5 Å². The van der Waals surface area contributed by atoms with Gasteiger partial charge in [0.15, 0.2) is 17.3 Å². The second kappa shape index (κ2) is 9.38. The van der Waals surface area contributed by atoms with Crippen LogP contribution >= 0.6 is 0 Å². The predicted octanol–water partition coefficient (Wildman–Crippen LogP) is 1.81. The summed E-state index contributed by atoms with van der Waals surface area (Å²) in [5.41, 5.74) is 7.19. The van der Waals surface area contributed by atoms with Crippen molar-refractivity contribution in [3.05, 3.63) is 41.9 Å². The number of nitrogens with zero attached hydrogens (tertiary/aromatic N) is 4. The predicted molar refractivity (Wildman–Crippen MR) is 125 cm³/mol. The molecule has 34 heavy (non-hydrogen) atoms. The van der Waals surface area contributed by atoms with Gasteiger partial charge in [0.25, 0.3) is 11.8 Å². The van der Waals surface area contributed by atoms with Crippen molar-refractivity contribution in [1.29, 1.82) is 0 Å². The van der Waals surface area contributed by atoms with Gasteiger partial charge in [-0.2, -0.15) is 0 Å². The lowest BCUT2D eigenvalue weighted by Gasteiger charge is -2.20. The van der Waals surface area contributed by atoms with Gasteiger partial charge in [-0.3, -0.25) is 19.4 Å². The lowest BCUT2D eigenvalue weighted by molar-refractivity contribution is -0.116. The van der Waals surface area contributed by atoms with E-state index in [9.17, 15) is 14.4 Å². The Morgan fingerprint density at radius 2 is 2.12 bits per heavy atom. The molecule has 3 N–H and O–H groups in total. The average Bonchev–Trinajstić information content (AvgIpc) is 3.32. The van der Waals surface area contributed by atoms with Crippen LogP contribution in [-0.2, 0) is 11.8 Å². The average molecular weight is 466 g/mol. The standard InChI is InChI=1S/C23H26N6O5/c1-13-7-14-10-25-16-9-18(17(33-3)8-15(16)23(32)29(14)11-13)34-6-4-5-20(30)26-19-12-28(2)22(27-19)21(24)31/h8-10,12,14H,1,4-7,11H2,2-3H3,(H2,24,31)(H,26,30)/t14-/m0/s1. The smallest absolute Gasteiger partial charge is 0.284 e. The lowest BCUT2D eigenvalue weighted by atomic mass is 10.1. The Balaban J connectivity index is 1.36. The largest absolute Gasteiger partial charge is 0.493 e. The molecule has 11 nitrogen and oxygen atoms in total. The third-order valence-electron chi connectivity index (χ3n) is 5.62. The van der Waals surface area contributed by atoms with Crippen LogP contribution in [-0.4, -0.2) is 64.7 Å². The second-order valence-corrected chi connectivity index (χ2v) is 8.18. The number of primary amides is 1. The van der Waals surface area contributed by atoms with Crippen molar-refractivity contribution in [2.45, 2.75) is 25.3 Å². The molecule has 0 radical (unpaired) electrons. The van der Waals surface area contributed by atoms with Crippen LogP contribution in [0.3, 0.4) is 0 Å². The molecule has 1 aromatic carbocycles. The Morgan fingerprint density at radius 3 is 2.82 bits per heavy atom. The zero-order valence-electron chi connectivity index (χ0n) is 19.0. The van der Waals surface area contributed by atoms with E-state index in [2.05, 4.69) is 21.9 Å². The van der Waals surface area contributed by atoms with Crippen LogP contribution in [0, 0.1) is 0 Å². The molecule has 11 heteroatoms. The second-order valence-electron chi connectivity index (χ2n) is 8.18. The van der Waals surface area contributed by atoms with Gasteiger partial charge in [-0.05, 0) is 18.9 Å². The molecule has 4 rings (SSSR count). The summed E-state index contributed by atoms with van der Waals surface area (Å²) >= 11 is 0. The van der Waals surface area contributed by atoms with Gasteiger partial charge < -0.3 is 30.0 Å². The number of fused-ring (bicyclic) bond motifs is 2. The fourth-order valence-corrected chi connectivity index (χ4v) is 3.98. The zero-order valence-corrected chi connectivity index (χ0v) is 19.0. The molecule has 1 aromatic heterocycles. The number of aromatic nitrogens is 2. The SMILES string of the molecule is C=C1C[C@H]2C=Nc3cc(OCCCC(=O)Nc4cn(C)c(C(N)=O)n4)c(OC)cc3C(=O)N2C1. The molecule has 0 saturated carbocycles. The van der Waals surface area contributed by atoms with Crippen LogP contribution in [0.1, 0.15) is 40.2 Å². The number of hydrogen-bond acceptors (Lipinski definition) is 7. The molecule has 1 saturated heterocycles. The third-order valence-corrected chi connectivity index (χ3v) is 5.62. The van der Waals surface area contributed by atoms with E-state index in [1.165, 1.54) is 17.9 Å². The molecule has 2 aromatic rings. The molecule has 0 spiro atoms. The summed E-state index contributed by atoms with van der Waals surface area (Å²) in [6.07, 6.45) is 4.57. The van der Waals surface area contributed by atoms with Crippen LogP contribution in [0.2, 0.25) is 0 Å². The highest BCUT2D eigenvalue weighted by Gasteiger charge is 2.34. The monoisotopic (exact) mass is 466 g/mol. The molecule has 1 fully saturated rings. The summed E-state index contributed by atoms with van der Waals surface area (Å²) in [6.45, 7) is 4.74. The number of imidazole rings is 1. The summed E-state index contributed by atoms with van der Waals surface area (Å²) in [7, 11) is 3.11. The van der Waals surface area contributed by atoms with Gasteiger partial charge in [0.05, 0.1) is 31.0 Å². The zero-order chi connectivity index (χ0) is 24.4. The number of carbonyl (C=O) groups excluding carboxylic acids is 3. The first-order valence-electron chi connectivity index (χ1n) is 10.8. The highest BCUT2D eigenvalue weighted by molar-refractivity contribution is 6.04. The number of benzene rings is 1. The molecule has 178 valence electrons. The Hall–Kier alpha value is -4.15. The molecular weight excluding hydrogens is 440 g/mol. The van der Waals surface area contributed by atoms with Gasteiger partial charge in [0, 0.05) is 38.5 Å². The van der Waals surface area contributed by atoms with Crippen LogP contribution in [0.25, 0.3) is 0 Å². The van der Waals surface area contributed by atoms with Gasteiger partial charge in [-0.15, -0.1) is 0 Å². The van der Waals surface area contributed by atoms with Crippen molar-refractivity contribution in [3.8, 4) is 11.5 Å². The molecule has 0 bridgehead atoms. The normalized spacial score (nSPS) is 16.6. The van der Waals surface area contributed by atoms with E-state index in [0.29, 0.717) is 42.1 Å². The van der Waals surface area contributed by atoms with Gasteiger partial charge in [0.1, 0.15) is 0 Å². The quantitative estimate of drug-likeness (QED) is 0.449. The minimum Gasteiger partial charge on any atom is -0.493 e. The topological polar surface area (TPSA) is 141 Å². The maximum absolute atomic E-state index is 13.0. The first-order chi connectivity index (χ1) is 16.3. The van der Waals surface area contributed by atoms with Crippen molar-refractivity contribution < 1.29 is 23.9 Å². The van der Waals surface area contributed by atoms with Gasteiger partial charge >= 0.3 is 0 Å². The van der Waals surface area contributed by atoms with E-state index in [1.807, 2.05) is 0 Å². The first-order valence-corrected chi connectivity index (χ1v) is 10.8. The number of aryl methyl sites for hydroxylation is 1. The van der Waals surface area contributed by atoms with Crippen LogP contribution in [0.15, 0.2) is 35.5 Å². The fraction of sp³-hybridized carbons (Fsp3) is 0.348. The number of amides is 3. The van der Waals surface area contributed by atoms with E-state index in [4.69, 9.17) is 15.2 Å².